The molecule has 12 heavy (non-hydrogen) atoms. The molecule has 0 radical (unpaired) electrons. The Kier molecular flexibility index (Phi) is 1.98. The van der Waals surface area contributed by atoms with Crippen molar-refractivity contribution in [3.05, 3.63) is 23.4 Å². The molecular formula is C10H14N2. The van der Waals surface area contributed by atoms with Crippen LogP contribution in [-0.4, -0.2) is 12.0 Å². The summed E-state index contributed by atoms with van der Waals surface area (Å²) in [5.74, 6) is 0.996. The molecule has 0 aliphatic heterocycles. The fourth-order valence-corrected chi connectivity index (χ4v) is 1.72. The zero-order valence-electron chi connectivity index (χ0n) is 7.43. The summed E-state index contributed by atoms with van der Waals surface area (Å²) in [4.78, 5) is 4.52. The maximum atomic E-state index is 4.52. The highest BCUT2D eigenvalue weighted by Gasteiger charge is 2.09. The minimum Gasteiger partial charge on any atom is -0.373 e. The Morgan fingerprint density at radius 1 is 1.25 bits per heavy atom. The van der Waals surface area contributed by atoms with Gasteiger partial charge in [-0.3, -0.25) is 0 Å². The second kappa shape index (κ2) is 3.13. The number of nitrogens with one attached hydrogen (secondary N) is 1. The molecule has 1 aromatic rings. The van der Waals surface area contributed by atoms with Gasteiger partial charge in [-0.25, -0.2) is 4.98 Å². The van der Waals surface area contributed by atoms with E-state index in [-0.39, 0.29) is 0 Å². The normalized spacial score (nSPS) is 15.4. The molecule has 1 aliphatic rings. The molecule has 2 heteroatoms. The van der Waals surface area contributed by atoms with Crippen molar-refractivity contribution in [2.45, 2.75) is 25.7 Å². The molecule has 0 bridgehead atoms. The molecule has 64 valence electrons. The van der Waals surface area contributed by atoms with E-state index in [1.54, 1.807) is 0 Å². The summed E-state index contributed by atoms with van der Waals surface area (Å²) < 4.78 is 0. The van der Waals surface area contributed by atoms with Crippen LogP contribution in [0.5, 0.6) is 0 Å². The lowest BCUT2D eigenvalue weighted by atomic mass is 9.96. The van der Waals surface area contributed by atoms with Gasteiger partial charge < -0.3 is 5.32 Å². The van der Waals surface area contributed by atoms with Crippen molar-refractivity contribution < 1.29 is 0 Å². The Bertz CT molecular complexity index is 281. The highest BCUT2D eigenvalue weighted by molar-refractivity contribution is 5.38. The first-order valence-corrected chi connectivity index (χ1v) is 4.57. The molecular weight excluding hydrogens is 148 g/mol. The lowest BCUT2D eigenvalue weighted by Crippen LogP contribution is -2.06. The predicted molar refractivity (Wildman–Crippen MR) is 50.4 cm³/mol. The fraction of sp³-hybridized carbons (Fsp3) is 0.500. The molecule has 0 atom stereocenters. The largest absolute Gasteiger partial charge is 0.373 e. The van der Waals surface area contributed by atoms with Crippen LogP contribution in [0.15, 0.2) is 12.1 Å². The molecule has 0 saturated heterocycles. The van der Waals surface area contributed by atoms with Crippen LogP contribution in [0, 0.1) is 0 Å². The standard InChI is InChI=1S/C10H14N2/c1-11-10-7-6-8-4-2-3-5-9(8)12-10/h6-7H,2-5H2,1H3,(H,11,12). The highest BCUT2D eigenvalue weighted by atomic mass is 15.0. The lowest BCUT2D eigenvalue weighted by Gasteiger charge is -2.14. The van der Waals surface area contributed by atoms with Gasteiger partial charge in [-0.05, 0) is 37.3 Å². The molecule has 0 spiro atoms. The molecule has 0 amide bonds. The summed E-state index contributed by atoms with van der Waals surface area (Å²) in [7, 11) is 1.91. The van der Waals surface area contributed by atoms with Crippen molar-refractivity contribution in [1.29, 1.82) is 0 Å². The smallest absolute Gasteiger partial charge is 0.125 e. The molecule has 1 N–H and O–H groups in total. The molecule has 1 aromatic heterocycles. The second-order valence-electron chi connectivity index (χ2n) is 3.26. The number of rotatable bonds is 1. The van der Waals surface area contributed by atoms with E-state index in [1.165, 1.54) is 30.5 Å². The van der Waals surface area contributed by atoms with Crippen LogP contribution in [0.2, 0.25) is 0 Å². The number of pyridine rings is 1. The zero-order valence-corrected chi connectivity index (χ0v) is 7.43. The number of anilines is 1. The van der Waals surface area contributed by atoms with E-state index in [2.05, 4.69) is 22.4 Å². The van der Waals surface area contributed by atoms with Crippen LogP contribution in [0.3, 0.4) is 0 Å². The maximum Gasteiger partial charge on any atom is 0.125 e. The summed E-state index contributed by atoms with van der Waals surface area (Å²) in [6.45, 7) is 0. The van der Waals surface area contributed by atoms with Gasteiger partial charge in [-0.1, -0.05) is 6.07 Å². The van der Waals surface area contributed by atoms with Gasteiger partial charge in [0.05, 0.1) is 0 Å². The van der Waals surface area contributed by atoms with Crippen LogP contribution < -0.4 is 5.32 Å². The van der Waals surface area contributed by atoms with E-state index in [4.69, 9.17) is 0 Å². The molecule has 2 nitrogen and oxygen atoms in total. The van der Waals surface area contributed by atoms with E-state index in [1.807, 2.05) is 7.05 Å². The van der Waals surface area contributed by atoms with E-state index < -0.39 is 0 Å². The van der Waals surface area contributed by atoms with Crippen LogP contribution in [0.1, 0.15) is 24.1 Å². The number of aromatic nitrogens is 1. The number of nitrogens with zero attached hydrogens (tertiary/aromatic N) is 1. The number of aryl methyl sites for hydroxylation is 2. The van der Waals surface area contributed by atoms with Crippen molar-refractivity contribution in [3.8, 4) is 0 Å². The minimum absolute atomic E-state index is 0.996. The van der Waals surface area contributed by atoms with Crippen molar-refractivity contribution >= 4 is 5.82 Å². The van der Waals surface area contributed by atoms with Gasteiger partial charge in [-0.2, -0.15) is 0 Å². The molecule has 0 fully saturated rings. The summed E-state index contributed by atoms with van der Waals surface area (Å²) >= 11 is 0. The molecule has 1 heterocycles. The van der Waals surface area contributed by atoms with Crippen molar-refractivity contribution in [2.24, 2.45) is 0 Å². The third kappa shape index (κ3) is 1.29. The first-order valence-electron chi connectivity index (χ1n) is 4.57. The lowest BCUT2D eigenvalue weighted by molar-refractivity contribution is 0.668. The fourth-order valence-electron chi connectivity index (χ4n) is 1.72. The van der Waals surface area contributed by atoms with E-state index >= 15 is 0 Å². The summed E-state index contributed by atoms with van der Waals surface area (Å²) in [6, 6.07) is 4.26. The molecule has 0 aromatic carbocycles. The first kappa shape index (κ1) is 7.59. The minimum atomic E-state index is 0.996. The predicted octanol–water partition coefficient (Wildman–Crippen LogP) is 2.00. The second-order valence-corrected chi connectivity index (χ2v) is 3.26. The summed E-state index contributed by atoms with van der Waals surface area (Å²) in [5, 5.41) is 3.07. The average molecular weight is 162 g/mol. The van der Waals surface area contributed by atoms with E-state index in [0.29, 0.717) is 0 Å². The van der Waals surface area contributed by atoms with Gasteiger partial charge in [0.1, 0.15) is 5.82 Å². The Morgan fingerprint density at radius 3 is 2.92 bits per heavy atom. The first-order chi connectivity index (χ1) is 5.90. The van der Waals surface area contributed by atoms with Crippen LogP contribution in [0.25, 0.3) is 0 Å². The summed E-state index contributed by atoms with van der Waals surface area (Å²) in [6.07, 6.45) is 5.00. The van der Waals surface area contributed by atoms with Crippen molar-refractivity contribution in [1.82, 2.24) is 4.98 Å². The topological polar surface area (TPSA) is 24.9 Å². The van der Waals surface area contributed by atoms with Crippen molar-refractivity contribution in [2.75, 3.05) is 12.4 Å². The van der Waals surface area contributed by atoms with Crippen LogP contribution >= 0.6 is 0 Å². The van der Waals surface area contributed by atoms with Gasteiger partial charge >= 0.3 is 0 Å². The van der Waals surface area contributed by atoms with Gasteiger partial charge in [0, 0.05) is 12.7 Å². The van der Waals surface area contributed by atoms with E-state index in [9.17, 15) is 0 Å². The highest BCUT2D eigenvalue weighted by Crippen LogP contribution is 2.20. The third-order valence-electron chi connectivity index (χ3n) is 2.43. The maximum absolute atomic E-state index is 4.52. The Hall–Kier alpha value is -1.05. The SMILES string of the molecule is CNc1ccc2c(n1)CCCC2. The average Bonchev–Trinajstić information content (AvgIpc) is 2.17. The molecule has 2 rings (SSSR count). The van der Waals surface area contributed by atoms with Crippen molar-refractivity contribution in [3.63, 3.8) is 0 Å². The molecule has 1 aliphatic carbocycles. The van der Waals surface area contributed by atoms with Crippen LogP contribution in [0.4, 0.5) is 5.82 Å². The molecule has 0 unspecified atom stereocenters. The Morgan fingerprint density at radius 2 is 2.08 bits per heavy atom. The van der Waals surface area contributed by atoms with Gasteiger partial charge in [-0.15, -0.1) is 0 Å². The number of hydrogen-bond acceptors (Lipinski definition) is 2. The van der Waals surface area contributed by atoms with Gasteiger partial charge in [0.2, 0.25) is 0 Å². The number of fused-ring (bicyclic) bond motifs is 1. The Labute approximate surface area is 73.0 Å². The number of hydrogen-bond donors (Lipinski definition) is 1. The zero-order chi connectivity index (χ0) is 8.39. The quantitative estimate of drug-likeness (QED) is 0.683. The van der Waals surface area contributed by atoms with Gasteiger partial charge in [0.15, 0.2) is 0 Å². The summed E-state index contributed by atoms with van der Waals surface area (Å²) in [5.41, 5.74) is 2.74. The van der Waals surface area contributed by atoms with E-state index in [0.717, 1.165) is 12.2 Å². The van der Waals surface area contributed by atoms with Crippen LogP contribution in [-0.2, 0) is 12.8 Å². The Balaban J connectivity index is 2.36. The molecule has 0 saturated carbocycles. The van der Waals surface area contributed by atoms with Gasteiger partial charge in [0.25, 0.3) is 0 Å². The third-order valence-corrected chi connectivity index (χ3v) is 2.43. The monoisotopic (exact) mass is 162 g/mol.